The molecule has 3 saturated heterocycles. The predicted molar refractivity (Wildman–Crippen MR) is 80.1 cm³/mol. The molecular formula is C17H15N3O4. The van der Waals surface area contributed by atoms with Crippen molar-refractivity contribution in [2.75, 3.05) is 27.3 Å². The quantitative estimate of drug-likeness (QED) is 0.740. The molecule has 2 bridgehead atoms. The van der Waals surface area contributed by atoms with Gasteiger partial charge in [0.05, 0.1) is 31.8 Å². The average molecular weight is 325 g/mol. The van der Waals surface area contributed by atoms with Gasteiger partial charge in [-0.1, -0.05) is 30.3 Å². The van der Waals surface area contributed by atoms with E-state index in [1.807, 2.05) is 18.2 Å². The molecule has 0 amide bonds. The molecule has 0 aromatic heterocycles. The van der Waals surface area contributed by atoms with Crippen molar-refractivity contribution in [3.05, 3.63) is 35.9 Å². The number of hydrogen-bond donors (Lipinski definition) is 0. The first-order valence-electron chi connectivity index (χ1n) is 7.30. The van der Waals surface area contributed by atoms with Gasteiger partial charge >= 0.3 is 11.9 Å². The van der Waals surface area contributed by atoms with Crippen molar-refractivity contribution in [1.29, 1.82) is 10.5 Å². The molecule has 1 aromatic carbocycles. The lowest BCUT2D eigenvalue weighted by Gasteiger charge is -2.43. The Bertz CT molecular complexity index is 788. The van der Waals surface area contributed by atoms with E-state index in [1.165, 1.54) is 4.90 Å². The monoisotopic (exact) mass is 325 g/mol. The van der Waals surface area contributed by atoms with Crippen LogP contribution in [0.15, 0.2) is 30.3 Å². The van der Waals surface area contributed by atoms with Gasteiger partial charge in [0.25, 0.3) is 0 Å². The summed E-state index contributed by atoms with van der Waals surface area (Å²) in [6, 6.07) is 12.8. The summed E-state index contributed by atoms with van der Waals surface area (Å²) in [5, 5.41) is 19.9. The first kappa shape index (κ1) is 16.0. The largest absolute Gasteiger partial charge is 0.468 e. The molecule has 3 aliphatic heterocycles. The zero-order valence-corrected chi connectivity index (χ0v) is 13.3. The van der Waals surface area contributed by atoms with Gasteiger partial charge < -0.3 is 9.47 Å². The van der Waals surface area contributed by atoms with Crippen molar-refractivity contribution in [2.24, 2.45) is 5.41 Å². The van der Waals surface area contributed by atoms with Crippen LogP contribution in [0.5, 0.6) is 0 Å². The highest BCUT2D eigenvalue weighted by molar-refractivity contribution is 6.00. The van der Waals surface area contributed by atoms with Gasteiger partial charge in [0.15, 0.2) is 0 Å². The Morgan fingerprint density at radius 3 is 2.08 bits per heavy atom. The molecule has 7 heteroatoms. The van der Waals surface area contributed by atoms with Gasteiger partial charge in [-0.15, -0.1) is 0 Å². The molecule has 122 valence electrons. The Morgan fingerprint density at radius 1 is 1.04 bits per heavy atom. The second-order valence-electron chi connectivity index (χ2n) is 5.97. The van der Waals surface area contributed by atoms with Crippen molar-refractivity contribution < 1.29 is 19.1 Å². The predicted octanol–water partition coefficient (Wildman–Crippen LogP) is 0.372. The number of esters is 2. The van der Waals surface area contributed by atoms with Crippen LogP contribution in [0.1, 0.15) is 5.56 Å². The highest BCUT2D eigenvalue weighted by atomic mass is 16.5. The van der Waals surface area contributed by atoms with Crippen LogP contribution in [0.3, 0.4) is 0 Å². The van der Waals surface area contributed by atoms with Crippen molar-refractivity contribution in [1.82, 2.24) is 4.90 Å². The summed E-state index contributed by atoms with van der Waals surface area (Å²) in [4.78, 5) is 26.8. The summed E-state index contributed by atoms with van der Waals surface area (Å²) < 4.78 is 9.67. The molecule has 0 saturated carbocycles. The molecule has 0 aliphatic carbocycles. The third-order valence-corrected chi connectivity index (χ3v) is 5.28. The second-order valence-corrected chi connectivity index (χ2v) is 5.97. The molecule has 3 aliphatic rings. The van der Waals surface area contributed by atoms with E-state index in [1.54, 1.807) is 24.3 Å². The smallest absolute Gasteiger partial charge is 0.343 e. The van der Waals surface area contributed by atoms with Crippen LogP contribution >= 0.6 is 0 Å². The lowest BCUT2D eigenvalue weighted by molar-refractivity contribution is -0.162. The number of methoxy groups -OCH3 is 2. The Labute approximate surface area is 139 Å². The van der Waals surface area contributed by atoms with Crippen molar-refractivity contribution >= 4 is 11.9 Å². The maximum absolute atomic E-state index is 12.7. The number of fused-ring (bicyclic) bond motifs is 1. The summed E-state index contributed by atoms with van der Waals surface area (Å²) in [7, 11) is 2.28. The van der Waals surface area contributed by atoms with Gasteiger partial charge in [-0.3, -0.25) is 9.69 Å². The van der Waals surface area contributed by atoms with Crippen LogP contribution in [0.25, 0.3) is 0 Å². The van der Waals surface area contributed by atoms with E-state index in [0.717, 1.165) is 14.2 Å². The first-order chi connectivity index (χ1) is 11.5. The van der Waals surface area contributed by atoms with Gasteiger partial charge in [0.1, 0.15) is 0 Å². The molecule has 0 spiro atoms. The van der Waals surface area contributed by atoms with Gasteiger partial charge in [0, 0.05) is 13.1 Å². The van der Waals surface area contributed by atoms with Gasteiger partial charge in [-0.2, -0.15) is 10.5 Å². The number of carbonyl (C=O) groups is 2. The molecular weight excluding hydrogens is 310 g/mol. The first-order valence-corrected chi connectivity index (χ1v) is 7.30. The van der Waals surface area contributed by atoms with Crippen LogP contribution in [0.4, 0.5) is 0 Å². The van der Waals surface area contributed by atoms with Gasteiger partial charge in [-0.25, -0.2) is 4.79 Å². The molecule has 24 heavy (non-hydrogen) atoms. The van der Waals surface area contributed by atoms with E-state index >= 15 is 0 Å². The lowest BCUT2D eigenvalue weighted by Crippen LogP contribution is -2.59. The summed E-state index contributed by atoms with van der Waals surface area (Å²) >= 11 is 0. The Hall–Kier alpha value is -2.90. The van der Waals surface area contributed by atoms with E-state index in [0.29, 0.717) is 5.56 Å². The lowest BCUT2D eigenvalue weighted by atomic mass is 9.57. The Morgan fingerprint density at radius 2 is 1.62 bits per heavy atom. The molecule has 4 rings (SSSR count). The molecule has 0 radical (unpaired) electrons. The molecule has 0 unspecified atom stereocenters. The Kier molecular flexibility index (Phi) is 3.36. The third-order valence-electron chi connectivity index (χ3n) is 5.28. The average Bonchev–Trinajstić information content (AvgIpc) is 3.02. The topological polar surface area (TPSA) is 103 Å². The fourth-order valence-electron chi connectivity index (χ4n) is 4.18. The zero-order valence-electron chi connectivity index (χ0n) is 13.3. The third kappa shape index (κ3) is 1.39. The van der Waals surface area contributed by atoms with Crippen LogP contribution < -0.4 is 0 Å². The van der Waals surface area contributed by atoms with Crippen LogP contribution in [0, 0.1) is 28.1 Å². The van der Waals surface area contributed by atoms with E-state index in [4.69, 9.17) is 9.47 Å². The molecule has 0 N–H and O–H groups in total. The number of benzene rings is 1. The number of nitrogens with zero attached hydrogens (tertiary/aromatic N) is 3. The minimum Gasteiger partial charge on any atom is -0.468 e. The number of carbonyl (C=O) groups excluding carboxylic acids is 2. The van der Waals surface area contributed by atoms with E-state index in [2.05, 4.69) is 0 Å². The standard InChI is InChI=1S/C17H15N3O4/c1-23-13(21)16(8-18)15(12-6-4-3-5-7-12)10-20(11-15)17(16,9-19)14(22)24-2/h3-7H,10-11H2,1-2H3/t16-,17-/m0/s1. The number of rotatable bonds is 3. The minimum atomic E-state index is -2.03. The normalized spacial score (nSPS) is 35.9. The van der Waals surface area contributed by atoms with Crippen LogP contribution in [-0.4, -0.2) is 49.7 Å². The summed E-state index contributed by atoms with van der Waals surface area (Å²) in [5.74, 6) is -1.83. The van der Waals surface area contributed by atoms with Crippen molar-refractivity contribution in [3.63, 3.8) is 0 Å². The molecule has 3 fully saturated rings. The van der Waals surface area contributed by atoms with E-state index < -0.39 is 28.3 Å². The van der Waals surface area contributed by atoms with Crippen molar-refractivity contribution in [3.8, 4) is 12.1 Å². The Balaban J connectivity index is 2.34. The zero-order chi connectivity index (χ0) is 17.6. The molecule has 3 heterocycles. The SMILES string of the molecule is COC(=O)[C@@]1(C#N)C2(c3ccccc3)CN(C2)[C@@]1(C#N)C(=O)OC. The van der Waals surface area contributed by atoms with Crippen LogP contribution in [-0.2, 0) is 24.5 Å². The highest BCUT2D eigenvalue weighted by Crippen LogP contribution is 2.65. The fourth-order valence-corrected chi connectivity index (χ4v) is 4.18. The van der Waals surface area contributed by atoms with Gasteiger partial charge in [-0.05, 0) is 5.56 Å². The van der Waals surface area contributed by atoms with Crippen LogP contribution in [0.2, 0.25) is 0 Å². The maximum Gasteiger partial charge on any atom is 0.343 e. The van der Waals surface area contributed by atoms with Gasteiger partial charge in [0.2, 0.25) is 11.0 Å². The van der Waals surface area contributed by atoms with Crippen molar-refractivity contribution in [2.45, 2.75) is 11.0 Å². The summed E-state index contributed by atoms with van der Waals surface area (Å²) in [6.07, 6.45) is 0. The minimum absolute atomic E-state index is 0.225. The summed E-state index contributed by atoms with van der Waals surface area (Å²) in [6.45, 7) is 0.449. The highest BCUT2D eigenvalue weighted by Gasteiger charge is 2.87. The number of hydrogen-bond acceptors (Lipinski definition) is 7. The molecule has 1 aromatic rings. The van der Waals surface area contributed by atoms with E-state index in [-0.39, 0.29) is 13.1 Å². The number of nitriles is 2. The summed E-state index contributed by atoms with van der Waals surface area (Å²) in [5.41, 5.74) is -4.31. The molecule has 2 atom stereocenters. The fraction of sp³-hybridized carbons (Fsp3) is 0.412. The number of ether oxygens (including phenoxy) is 2. The molecule has 7 nitrogen and oxygen atoms in total. The maximum atomic E-state index is 12.7. The second kappa shape index (κ2) is 5.05. The van der Waals surface area contributed by atoms with E-state index in [9.17, 15) is 20.1 Å².